The molecule has 0 aliphatic heterocycles. The monoisotopic (exact) mass is 396 g/mol. The lowest BCUT2D eigenvalue weighted by Crippen LogP contribution is -2.46. The van der Waals surface area contributed by atoms with Crippen LogP contribution in [0.25, 0.3) is 0 Å². The first kappa shape index (κ1) is 21.4. The van der Waals surface area contributed by atoms with E-state index in [0.29, 0.717) is 16.7 Å². The molecular weight excluding hydrogens is 352 g/mol. The van der Waals surface area contributed by atoms with Crippen molar-refractivity contribution in [3.8, 4) is 0 Å². The quantitative estimate of drug-likeness (QED) is 0.478. The van der Waals surface area contributed by atoms with Crippen LogP contribution in [0.15, 0.2) is 35.5 Å². The molecule has 0 saturated heterocycles. The van der Waals surface area contributed by atoms with E-state index in [4.69, 9.17) is 0 Å². The summed E-state index contributed by atoms with van der Waals surface area (Å²) >= 11 is 0. The topological polar surface area (TPSA) is 20.2 Å². The van der Waals surface area contributed by atoms with Gasteiger partial charge in [0.15, 0.2) is 0 Å². The van der Waals surface area contributed by atoms with Crippen LogP contribution in [0.3, 0.4) is 0 Å². The van der Waals surface area contributed by atoms with Crippen molar-refractivity contribution in [3.63, 3.8) is 0 Å². The Labute approximate surface area is 179 Å². The molecule has 0 aromatic heterocycles. The van der Waals surface area contributed by atoms with Gasteiger partial charge in [-0.25, -0.2) is 0 Å². The predicted molar refractivity (Wildman–Crippen MR) is 124 cm³/mol. The van der Waals surface area contributed by atoms with Gasteiger partial charge in [-0.2, -0.15) is 0 Å². The van der Waals surface area contributed by atoms with Crippen LogP contribution in [0, 0.1) is 40.4 Å². The largest absolute Gasteiger partial charge is 0.393 e. The first-order valence-electron chi connectivity index (χ1n) is 12.4. The number of allylic oxidation sites excluding steroid dienone is 4. The highest BCUT2D eigenvalue weighted by Gasteiger charge is 2.56. The molecule has 0 bridgehead atoms. The summed E-state index contributed by atoms with van der Waals surface area (Å²) < 4.78 is 0. The van der Waals surface area contributed by atoms with Gasteiger partial charge in [-0.1, -0.05) is 70.1 Å². The predicted octanol–water partition coefficient (Wildman–Crippen LogP) is 7.47. The fourth-order valence-electron chi connectivity index (χ4n) is 7.86. The number of rotatable bonds is 5. The van der Waals surface area contributed by atoms with Gasteiger partial charge >= 0.3 is 0 Å². The Kier molecular flexibility index (Phi) is 5.69. The molecule has 0 aromatic carbocycles. The molecule has 4 aliphatic rings. The molecule has 0 radical (unpaired) electrons. The lowest BCUT2D eigenvalue weighted by atomic mass is 9.50. The van der Waals surface area contributed by atoms with Crippen molar-refractivity contribution in [2.24, 2.45) is 40.4 Å². The van der Waals surface area contributed by atoms with Crippen molar-refractivity contribution in [1.82, 2.24) is 0 Å². The molecule has 0 aromatic rings. The van der Waals surface area contributed by atoms with Gasteiger partial charge in [0.1, 0.15) is 0 Å². The Balaban J connectivity index is 1.53. The minimum Gasteiger partial charge on any atom is -0.393 e. The van der Waals surface area contributed by atoms with E-state index >= 15 is 0 Å². The van der Waals surface area contributed by atoms with Crippen molar-refractivity contribution in [3.05, 3.63) is 35.5 Å². The van der Waals surface area contributed by atoms with E-state index in [-0.39, 0.29) is 6.10 Å². The van der Waals surface area contributed by atoms with E-state index in [1.165, 1.54) is 56.1 Å². The lowest BCUT2D eigenvalue weighted by Gasteiger charge is -2.55. The van der Waals surface area contributed by atoms with E-state index in [2.05, 4.69) is 53.3 Å². The van der Waals surface area contributed by atoms with Crippen LogP contribution >= 0.6 is 0 Å². The van der Waals surface area contributed by atoms with Crippen molar-refractivity contribution in [2.45, 2.75) is 98.5 Å². The summed E-state index contributed by atoms with van der Waals surface area (Å²) in [7, 11) is 0. The van der Waals surface area contributed by atoms with Gasteiger partial charge in [0.05, 0.1) is 6.10 Å². The Morgan fingerprint density at radius 3 is 2.55 bits per heavy atom. The van der Waals surface area contributed by atoms with E-state index in [9.17, 15) is 5.11 Å². The second-order valence-electron chi connectivity index (χ2n) is 11.8. The number of aliphatic hydroxyl groups excluding tert-OH is 1. The Bertz CT molecular complexity index is 712. The van der Waals surface area contributed by atoms with Gasteiger partial charge in [-0.15, -0.1) is 0 Å². The molecule has 0 amide bonds. The smallest absolute Gasteiger partial charge is 0.0578 e. The molecule has 1 N–H and O–H groups in total. The Morgan fingerprint density at radius 2 is 1.83 bits per heavy atom. The molecule has 29 heavy (non-hydrogen) atoms. The van der Waals surface area contributed by atoms with Crippen LogP contribution in [0.4, 0.5) is 0 Å². The molecule has 7 atom stereocenters. The molecule has 0 spiro atoms. The molecular formula is C28H44O. The first-order valence-corrected chi connectivity index (χ1v) is 12.4. The highest BCUT2D eigenvalue weighted by molar-refractivity contribution is 5.38. The maximum Gasteiger partial charge on any atom is 0.0578 e. The average molecular weight is 397 g/mol. The maximum atomic E-state index is 10.2. The van der Waals surface area contributed by atoms with E-state index in [1.54, 1.807) is 5.57 Å². The summed E-state index contributed by atoms with van der Waals surface area (Å²) in [6.45, 7) is 16.6. The Hall–Kier alpha value is -0.820. The van der Waals surface area contributed by atoms with Crippen LogP contribution in [0.2, 0.25) is 0 Å². The summed E-state index contributed by atoms with van der Waals surface area (Å²) in [5.41, 5.74) is 5.53. The second-order valence-corrected chi connectivity index (χ2v) is 11.8. The van der Waals surface area contributed by atoms with Crippen LogP contribution in [-0.4, -0.2) is 11.2 Å². The van der Waals surface area contributed by atoms with Gasteiger partial charge in [-0.3, -0.25) is 0 Å². The van der Waals surface area contributed by atoms with Crippen molar-refractivity contribution in [2.75, 3.05) is 0 Å². The summed E-state index contributed by atoms with van der Waals surface area (Å²) in [6, 6.07) is 0. The van der Waals surface area contributed by atoms with E-state index in [1.807, 2.05) is 0 Å². The minimum atomic E-state index is -0.115. The molecule has 1 nitrogen and oxygen atoms in total. The van der Waals surface area contributed by atoms with E-state index < -0.39 is 0 Å². The first-order chi connectivity index (χ1) is 13.7. The van der Waals surface area contributed by atoms with E-state index in [0.717, 1.165) is 36.5 Å². The number of hydrogen-bond donors (Lipinski definition) is 1. The number of hydrogen-bond acceptors (Lipinski definition) is 1. The summed E-state index contributed by atoms with van der Waals surface area (Å²) in [4.78, 5) is 0. The molecule has 0 heterocycles. The summed E-state index contributed by atoms with van der Waals surface area (Å²) in [5, 5.41) is 10.2. The van der Waals surface area contributed by atoms with Gasteiger partial charge < -0.3 is 5.11 Å². The van der Waals surface area contributed by atoms with Gasteiger partial charge in [0, 0.05) is 0 Å². The minimum absolute atomic E-state index is 0.115. The molecule has 1 heteroatoms. The third-order valence-electron chi connectivity index (χ3n) is 10.0. The SMILES string of the molecule is C=C(CCC(C)[C@H]1CC[C@H]2C3=CC=C4C[C@@H](O)CC[C@]4(C)[C@H]3CC[C@]12C)C(C)C. The molecule has 4 rings (SSSR count). The van der Waals surface area contributed by atoms with Crippen LogP contribution in [0.5, 0.6) is 0 Å². The molecule has 3 fully saturated rings. The third kappa shape index (κ3) is 3.50. The van der Waals surface area contributed by atoms with Gasteiger partial charge in [0.2, 0.25) is 0 Å². The maximum absolute atomic E-state index is 10.2. The second kappa shape index (κ2) is 7.70. The fourth-order valence-corrected chi connectivity index (χ4v) is 7.86. The molecule has 3 saturated carbocycles. The summed E-state index contributed by atoms with van der Waals surface area (Å²) in [5.74, 6) is 3.78. The van der Waals surface area contributed by atoms with Crippen LogP contribution in [-0.2, 0) is 0 Å². The zero-order valence-electron chi connectivity index (χ0n) is 19.6. The normalized spacial score (nSPS) is 42.4. The van der Waals surface area contributed by atoms with Crippen molar-refractivity contribution >= 4 is 0 Å². The molecule has 4 aliphatic carbocycles. The average Bonchev–Trinajstić information content (AvgIpc) is 3.03. The zero-order valence-corrected chi connectivity index (χ0v) is 19.6. The lowest BCUT2D eigenvalue weighted by molar-refractivity contribution is 0.0326. The zero-order chi connectivity index (χ0) is 21.0. The standard InChI is InChI=1S/C28H44O/c1-18(2)19(3)7-8-20(4)24-11-12-25-23-10-9-21-17-22(29)13-15-27(21,5)26(23)14-16-28(24,25)6/h9-10,18,20,22,24-26,29H,3,7-8,11-17H2,1-2,4-6H3/t20?,22-,24+,25-,26-,27-,28+/m0/s1. The van der Waals surface area contributed by atoms with Crippen molar-refractivity contribution < 1.29 is 5.11 Å². The summed E-state index contributed by atoms with van der Waals surface area (Å²) in [6.07, 6.45) is 15.9. The number of fused-ring (bicyclic) bond motifs is 5. The van der Waals surface area contributed by atoms with Crippen LogP contribution in [0.1, 0.15) is 92.4 Å². The number of aliphatic hydroxyl groups is 1. The third-order valence-corrected chi connectivity index (χ3v) is 10.0. The molecule has 162 valence electrons. The van der Waals surface area contributed by atoms with Crippen molar-refractivity contribution in [1.29, 1.82) is 0 Å². The van der Waals surface area contributed by atoms with Gasteiger partial charge in [-0.05, 0) is 98.2 Å². The highest BCUT2D eigenvalue weighted by Crippen LogP contribution is 2.66. The Morgan fingerprint density at radius 1 is 1.07 bits per heavy atom. The fraction of sp³-hybridized carbons (Fsp3) is 0.786. The van der Waals surface area contributed by atoms with Gasteiger partial charge in [0.25, 0.3) is 0 Å². The molecule has 1 unspecified atom stereocenters. The van der Waals surface area contributed by atoms with Crippen LogP contribution < -0.4 is 0 Å². The highest BCUT2D eigenvalue weighted by atomic mass is 16.3.